The maximum atomic E-state index is 13.1. The van der Waals surface area contributed by atoms with Crippen LogP contribution >= 0.6 is 22.6 Å². The Labute approximate surface area is 187 Å². The molecular formula is C22H21IN2O5. The van der Waals surface area contributed by atoms with Gasteiger partial charge in [-0.05, 0) is 51.8 Å². The van der Waals surface area contributed by atoms with Gasteiger partial charge in [-0.1, -0.05) is 38.1 Å². The number of hydrogen-bond acceptors (Lipinski definition) is 5. The van der Waals surface area contributed by atoms with E-state index in [9.17, 15) is 14.4 Å². The Morgan fingerprint density at radius 1 is 1.33 bits per heavy atom. The minimum atomic E-state index is -0.596. The molecule has 1 saturated heterocycles. The smallest absolute Gasteiger partial charge is 0.336 e. The molecule has 8 heteroatoms. The molecule has 1 aromatic rings. The van der Waals surface area contributed by atoms with Gasteiger partial charge in [-0.15, -0.1) is 0 Å². The van der Waals surface area contributed by atoms with Crippen LogP contribution in [0, 0.1) is 15.4 Å². The summed E-state index contributed by atoms with van der Waals surface area (Å²) in [7, 11) is 1.56. The molecule has 2 aliphatic heterocycles. The number of benzene rings is 1. The summed E-state index contributed by atoms with van der Waals surface area (Å²) in [4.78, 5) is 38.4. The van der Waals surface area contributed by atoms with E-state index in [0.29, 0.717) is 17.2 Å². The fourth-order valence-corrected chi connectivity index (χ4v) is 4.57. The normalized spacial score (nSPS) is 22.2. The first-order chi connectivity index (χ1) is 14.3. The molecule has 1 aliphatic carbocycles. The van der Waals surface area contributed by atoms with Crippen molar-refractivity contribution in [1.29, 1.82) is 0 Å². The SMILES string of the molecule is CNC(=O)COc1ccc(C2=CC=CC3C(=O)N4C(=C23)OC(=O)C4C(C)C)cc1I. The van der Waals surface area contributed by atoms with Crippen LogP contribution in [0.5, 0.6) is 5.75 Å². The van der Waals surface area contributed by atoms with Crippen molar-refractivity contribution in [3.63, 3.8) is 0 Å². The van der Waals surface area contributed by atoms with Crippen molar-refractivity contribution in [2.75, 3.05) is 13.7 Å². The highest BCUT2D eigenvalue weighted by molar-refractivity contribution is 14.1. The van der Waals surface area contributed by atoms with Gasteiger partial charge in [0.05, 0.1) is 9.49 Å². The van der Waals surface area contributed by atoms with E-state index < -0.39 is 12.0 Å². The fourth-order valence-electron chi connectivity index (χ4n) is 3.90. The lowest BCUT2D eigenvalue weighted by molar-refractivity contribution is -0.140. The molecule has 0 bridgehead atoms. The van der Waals surface area contributed by atoms with Crippen molar-refractivity contribution in [2.24, 2.45) is 11.8 Å². The van der Waals surface area contributed by atoms with Crippen molar-refractivity contribution in [2.45, 2.75) is 19.9 Å². The number of nitrogens with one attached hydrogen (secondary N) is 1. The summed E-state index contributed by atoms with van der Waals surface area (Å²) in [5, 5.41) is 2.52. The average molecular weight is 520 g/mol. The van der Waals surface area contributed by atoms with Crippen LogP contribution in [0.4, 0.5) is 0 Å². The third-order valence-corrected chi connectivity index (χ3v) is 6.19. The summed E-state index contributed by atoms with van der Waals surface area (Å²) in [5.74, 6) is -0.297. The minimum Gasteiger partial charge on any atom is -0.483 e. The van der Waals surface area contributed by atoms with Crippen LogP contribution in [-0.2, 0) is 19.1 Å². The number of esters is 1. The van der Waals surface area contributed by atoms with Crippen molar-refractivity contribution >= 4 is 45.9 Å². The number of halogens is 1. The zero-order valence-electron chi connectivity index (χ0n) is 16.8. The van der Waals surface area contributed by atoms with E-state index in [-0.39, 0.29) is 30.3 Å². The predicted octanol–water partition coefficient (Wildman–Crippen LogP) is 2.62. The van der Waals surface area contributed by atoms with Gasteiger partial charge in [-0.2, -0.15) is 0 Å². The first kappa shape index (κ1) is 20.6. The molecule has 1 aromatic carbocycles. The zero-order chi connectivity index (χ0) is 21.6. The Kier molecular flexibility index (Phi) is 5.44. The number of rotatable bonds is 5. The second-order valence-corrected chi connectivity index (χ2v) is 8.75. The fraction of sp³-hybridized carbons (Fsp3) is 0.318. The average Bonchev–Trinajstić information content (AvgIpc) is 3.20. The highest BCUT2D eigenvalue weighted by Crippen LogP contribution is 2.47. The van der Waals surface area contributed by atoms with E-state index in [4.69, 9.17) is 9.47 Å². The van der Waals surface area contributed by atoms with Crippen LogP contribution in [0.2, 0.25) is 0 Å². The van der Waals surface area contributed by atoms with Crippen molar-refractivity contribution in [3.8, 4) is 5.75 Å². The van der Waals surface area contributed by atoms with Crippen LogP contribution in [-0.4, -0.2) is 42.4 Å². The van der Waals surface area contributed by atoms with Gasteiger partial charge < -0.3 is 14.8 Å². The van der Waals surface area contributed by atoms with E-state index in [0.717, 1.165) is 14.7 Å². The van der Waals surface area contributed by atoms with Crippen LogP contribution in [0.25, 0.3) is 5.57 Å². The van der Waals surface area contributed by atoms with E-state index in [1.807, 2.05) is 44.2 Å². The molecule has 7 nitrogen and oxygen atoms in total. The van der Waals surface area contributed by atoms with E-state index in [1.54, 1.807) is 13.1 Å². The number of likely N-dealkylation sites (N-methyl/N-ethyl adjacent to an activating group) is 1. The third-order valence-electron chi connectivity index (χ3n) is 5.35. The first-order valence-corrected chi connectivity index (χ1v) is 10.7. The number of allylic oxidation sites excluding steroid dienone is 3. The molecule has 2 amide bonds. The second-order valence-electron chi connectivity index (χ2n) is 7.59. The second kappa shape index (κ2) is 7.90. The third kappa shape index (κ3) is 3.32. The summed E-state index contributed by atoms with van der Waals surface area (Å²) >= 11 is 2.15. The standard InChI is InChI=1S/C22H21IN2O5/c1-11(2)19-22(28)30-21-18-13(5-4-6-14(18)20(27)25(19)21)12-7-8-16(15(23)9-12)29-10-17(26)24-3/h4-9,11,14,19H,10H2,1-3H3,(H,24,26). The topological polar surface area (TPSA) is 84.9 Å². The summed E-state index contributed by atoms with van der Waals surface area (Å²) in [6.45, 7) is 3.74. The van der Waals surface area contributed by atoms with Crippen LogP contribution in [0.1, 0.15) is 19.4 Å². The Hall–Kier alpha value is -2.62. The Morgan fingerprint density at radius 2 is 2.10 bits per heavy atom. The van der Waals surface area contributed by atoms with Crippen molar-refractivity contribution in [1.82, 2.24) is 10.2 Å². The van der Waals surface area contributed by atoms with E-state index in [1.165, 1.54) is 4.90 Å². The highest BCUT2D eigenvalue weighted by atomic mass is 127. The molecule has 3 aliphatic rings. The molecule has 2 atom stereocenters. The molecule has 0 radical (unpaired) electrons. The molecule has 30 heavy (non-hydrogen) atoms. The van der Waals surface area contributed by atoms with Gasteiger partial charge in [0, 0.05) is 12.6 Å². The molecule has 1 fully saturated rings. The highest BCUT2D eigenvalue weighted by Gasteiger charge is 2.53. The van der Waals surface area contributed by atoms with Crippen LogP contribution < -0.4 is 10.1 Å². The molecule has 0 spiro atoms. The van der Waals surface area contributed by atoms with Gasteiger partial charge in [0.2, 0.25) is 11.8 Å². The number of ether oxygens (including phenoxy) is 2. The lowest BCUT2D eigenvalue weighted by atomic mass is 9.86. The maximum absolute atomic E-state index is 13.1. The molecule has 156 valence electrons. The Bertz CT molecular complexity index is 1040. The number of hydrogen-bond donors (Lipinski definition) is 1. The van der Waals surface area contributed by atoms with Crippen molar-refractivity contribution < 1.29 is 23.9 Å². The minimum absolute atomic E-state index is 0.0474. The van der Waals surface area contributed by atoms with Gasteiger partial charge in [-0.3, -0.25) is 14.5 Å². The number of carbonyl (C=O) groups excluding carboxylic acids is 3. The van der Waals surface area contributed by atoms with Gasteiger partial charge >= 0.3 is 5.97 Å². The van der Waals surface area contributed by atoms with Crippen LogP contribution in [0.3, 0.4) is 0 Å². The van der Waals surface area contributed by atoms with Crippen molar-refractivity contribution in [3.05, 3.63) is 57.0 Å². The largest absolute Gasteiger partial charge is 0.483 e. The van der Waals surface area contributed by atoms with Gasteiger partial charge in [0.1, 0.15) is 11.8 Å². The summed E-state index contributed by atoms with van der Waals surface area (Å²) < 4.78 is 12.0. The lowest BCUT2D eigenvalue weighted by Gasteiger charge is -2.21. The molecule has 1 N–H and O–H groups in total. The van der Waals surface area contributed by atoms with E-state index in [2.05, 4.69) is 27.9 Å². The monoisotopic (exact) mass is 520 g/mol. The summed E-state index contributed by atoms with van der Waals surface area (Å²) in [6, 6.07) is 5.01. The quantitative estimate of drug-likeness (QED) is 0.477. The van der Waals surface area contributed by atoms with Gasteiger partial charge in [-0.25, -0.2) is 4.79 Å². The summed E-state index contributed by atoms with van der Waals surface area (Å²) in [5.41, 5.74) is 2.43. The van der Waals surface area contributed by atoms with Crippen LogP contribution in [0.15, 0.2) is 47.9 Å². The number of amides is 2. The molecular weight excluding hydrogens is 499 g/mol. The maximum Gasteiger partial charge on any atom is 0.336 e. The Morgan fingerprint density at radius 3 is 2.77 bits per heavy atom. The number of nitrogens with zero attached hydrogens (tertiary/aromatic N) is 1. The molecule has 4 rings (SSSR count). The molecule has 2 heterocycles. The van der Waals surface area contributed by atoms with E-state index >= 15 is 0 Å². The zero-order valence-corrected chi connectivity index (χ0v) is 18.9. The number of carbonyl (C=O) groups is 3. The molecule has 2 unspecified atom stereocenters. The Balaban J connectivity index is 1.70. The molecule has 0 aromatic heterocycles. The number of fused-ring (bicyclic) bond motifs is 2. The first-order valence-electron chi connectivity index (χ1n) is 9.64. The van der Waals surface area contributed by atoms with Gasteiger partial charge in [0.25, 0.3) is 5.91 Å². The predicted molar refractivity (Wildman–Crippen MR) is 118 cm³/mol. The van der Waals surface area contributed by atoms with Gasteiger partial charge in [0.15, 0.2) is 6.61 Å². The molecule has 0 saturated carbocycles. The lowest BCUT2D eigenvalue weighted by Crippen LogP contribution is -2.40. The summed E-state index contributed by atoms with van der Waals surface area (Å²) in [6.07, 6.45) is 5.62.